The Labute approximate surface area is 127 Å². The Hall–Kier alpha value is -1.37. The molecule has 3 atom stereocenters. The van der Waals surface area contributed by atoms with Gasteiger partial charge in [0.25, 0.3) is 0 Å². The van der Waals surface area contributed by atoms with Crippen molar-refractivity contribution >= 4 is 23.5 Å². The van der Waals surface area contributed by atoms with Crippen LogP contribution in [0.4, 0.5) is 0 Å². The van der Waals surface area contributed by atoms with Crippen LogP contribution in [0.2, 0.25) is 0 Å². The smallest absolute Gasteiger partial charge is 0.241 e. The number of nitrogens with one attached hydrogen (secondary N) is 1. The number of benzene rings is 1. The van der Waals surface area contributed by atoms with E-state index in [0.29, 0.717) is 5.56 Å². The summed E-state index contributed by atoms with van der Waals surface area (Å²) in [5.41, 5.74) is 0.594. The summed E-state index contributed by atoms with van der Waals surface area (Å²) in [4.78, 5) is 25.7. The molecule has 2 N–H and O–H groups in total. The van der Waals surface area contributed by atoms with Crippen LogP contribution in [0, 0.1) is 0 Å². The van der Waals surface area contributed by atoms with Crippen LogP contribution in [0.25, 0.3) is 0 Å². The molecule has 0 spiro atoms. The number of fused-ring (bicyclic) bond motifs is 1. The Morgan fingerprint density at radius 3 is 2.67 bits per heavy atom. The lowest BCUT2D eigenvalue weighted by Crippen LogP contribution is -2.75. The summed E-state index contributed by atoms with van der Waals surface area (Å²) in [7, 11) is 0. The topological polar surface area (TPSA) is 69.6 Å². The van der Waals surface area contributed by atoms with E-state index in [9.17, 15) is 14.7 Å². The molecule has 1 amide bonds. The summed E-state index contributed by atoms with van der Waals surface area (Å²) in [5, 5.41) is 13.3. The molecule has 5 nitrogen and oxygen atoms in total. The van der Waals surface area contributed by atoms with E-state index < -0.39 is 17.0 Å². The number of carbonyl (C=O) groups is 2. The first-order chi connectivity index (χ1) is 9.90. The zero-order valence-corrected chi connectivity index (χ0v) is 12.8. The molecule has 0 aliphatic carbocycles. The van der Waals surface area contributed by atoms with E-state index in [2.05, 4.69) is 5.32 Å². The highest BCUT2D eigenvalue weighted by atomic mass is 32.2. The molecule has 0 bridgehead atoms. The molecule has 2 fully saturated rings. The minimum absolute atomic E-state index is 0.0454. The molecule has 21 heavy (non-hydrogen) atoms. The van der Waals surface area contributed by atoms with Crippen molar-refractivity contribution in [3.05, 3.63) is 35.9 Å². The second kappa shape index (κ2) is 5.12. The van der Waals surface area contributed by atoms with Gasteiger partial charge in [-0.25, -0.2) is 0 Å². The quantitative estimate of drug-likeness (QED) is 0.640. The summed E-state index contributed by atoms with van der Waals surface area (Å²) in [5.74, 6) is -0.210. The van der Waals surface area contributed by atoms with E-state index in [1.807, 2.05) is 19.9 Å². The Morgan fingerprint density at radius 2 is 2.05 bits per heavy atom. The number of carbonyl (C=O) groups excluding carboxylic acids is 2. The maximum Gasteiger partial charge on any atom is 0.241 e. The zero-order valence-electron chi connectivity index (χ0n) is 11.9. The fraction of sp³-hybridized carbons (Fsp3) is 0.467. The van der Waals surface area contributed by atoms with Crippen molar-refractivity contribution in [3.8, 4) is 0 Å². The third kappa shape index (κ3) is 2.47. The number of aliphatic hydroxyl groups excluding tert-OH is 1. The fourth-order valence-electron chi connectivity index (χ4n) is 2.77. The number of amides is 1. The summed E-state index contributed by atoms with van der Waals surface area (Å²) < 4.78 is -0.439. The van der Waals surface area contributed by atoms with Crippen molar-refractivity contribution in [2.75, 3.05) is 6.54 Å². The average molecular weight is 306 g/mol. The fourth-order valence-corrected chi connectivity index (χ4v) is 4.27. The Kier molecular flexibility index (Phi) is 3.55. The van der Waals surface area contributed by atoms with Crippen molar-refractivity contribution in [2.45, 2.75) is 36.2 Å². The monoisotopic (exact) mass is 306 g/mol. The molecule has 1 aromatic rings. The number of hydrogen-bond acceptors (Lipinski definition) is 5. The van der Waals surface area contributed by atoms with Gasteiger partial charge in [0.15, 0.2) is 5.78 Å². The van der Waals surface area contributed by atoms with Crippen LogP contribution in [0.15, 0.2) is 30.3 Å². The highest BCUT2D eigenvalue weighted by Gasteiger charge is 2.55. The first kappa shape index (κ1) is 14.6. The largest absolute Gasteiger partial charge is 0.377 e. The maximum atomic E-state index is 12.4. The van der Waals surface area contributed by atoms with Gasteiger partial charge in [0.05, 0.1) is 11.3 Å². The number of nitrogens with zero attached hydrogens (tertiary/aromatic N) is 1. The third-order valence-electron chi connectivity index (χ3n) is 3.99. The SMILES string of the molecule is CC1(C)S[C@H]2NC(=O)[C@H]2N(CC(=O)c2ccccc2)C1O. The number of rotatable bonds is 3. The molecular weight excluding hydrogens is 288 g/mol. The molecule has 0 aromatic heterocycles. The van der Waals surface area contributed by atoms with Crippen LogP contribution in [0.3, 0.4) is 0 Å². The molecule has 6 heteroatoms. The van der Waals surface area contributed by atoms with Gasteiger partial charge in [-0.2, -0.15) is 0 Å². The number of Topliss-reactive ketones (excluding diaryl/α,β-unsaturated/α-hetero) is 1. The maximum absolute atomic E-state index is 12.4. The van der Waals surface area contributed by atoms with Gasteiger partial charge >= 0.3 is 0 Å². The van der Waals surface area contributed by atoms with Crippen molar-refractivity contribution < 1.29 is 14.7 Å². The summed E-state index contributed by atoms with van der Waals surface area (Å²) >= 11 is 1.54. The van der Waals surface area contributed by atoms with E-state index in [1.165, 1.54) is 0 Å². The van der Waals surface area contributed by atoms with Crippen LogP contribution < -0.4 is 5.32 Å². The van der Waals surface area contributed by atoms with E-state index >= 15 is 0 Å². The summed E-state index contributed by atoms with van der Waals surface area (Å²) in [6.45, 7) is 3.88. The average Bonchev–Trinajstić information content (AvgIpc) is 2.44. The molecule has 2 aliphatic heterocycles. The lowest BCUT2D eigenvalue weighted by molar-refractivity contribution is -0.144. The van der Waals surface area contributed by atoms with Crippen LogP contribution >= 0.6 is 11.8 Å². The zero-order chi connectivity index (χ0) is 15.2. The Balaban J connectivity index is 1.81. The van der Waals surface area contributed by atoms with Crippen molar-refractivity contribution in [3.63, 3.8) is 0 Å². The van der Waals surface area contributed by atoms with E-state index in [-0.39, 0.29) is 23.6 Å². The lowest BCUT2D eigenvalue weighted by Gasteiger charge is -2.54. The van der Waals surface area contributed by atoms with Crippen LogP contribution in [0.5, 0.6) is 0 Å². The van der Waals surface area contributed by atoms with Crippen molar-refractivity contribution in [1.29, 1.82) is 0 Å². The van der Waals surface area contributed by atoms with Crippen LogP contribution in [0.1, 0.15) is 24.2 Å². The molecule has 0 radical (unpaired) electrons. The van der Waals surface area contributed by atoms with Gasteiger partial charge in [0.2, 0.25) is 5.91 Å². The molecule has 0 saturated carbocycles. The normalized spacial score (nSPS) is 31.0. The summed E-state index contributed by atoms with van der Waals surface area (Å²) in [6, 6.07) is 8.53. The van der Waals surface area contributed by atoms with Crippen molar-refractivity contribution in [1.82, 2.24) is 10.2 Å². The minimum atomic E-state index is -0.831. The highest BCUT2D eigenvalue weighted by molar-refractivity contribution is 8.01. The van der Waals surface area contributed by atoms with E-state index in [4.69, 9.17) is 0 Å². The van der Waals surface area contributed by atoms with E-state index in [0.717, 1.165) is 0 Å². The van der Waals surface area contributed by atoms with Crippen LogP contribution in [-0.2, 0) is 4.79 Å². The number of aliphatic hydroxyl groups is 1. The van der Waals surface area contributed by atoms with Gasteiger partial charge in [0, 0.05) is 5.56 Å². The number of thioether (sulfide) groups is 1. The third-order valence-corrected chi connectivity index (χ3v) is 5.43. The minimum Gasteiger partial charge on any atom is -0.377 e. The molecular formula is C15H18N2O3S. The molecule has 2 aliphatic rings. The molecule has 112 valence electrons. The predicted molar refractivity (Wildman–Crippen MR) is 80.9 cm³/mol. The molecule has 1 aromatic carbocycles. The van der Waals surface area contributed by atoms with Gasteiger partial charge in [0.1, 0.15) is 17.6 Å². The molecule has 2 saturated heterocycles. The lowest BCUT2D eigenvalue weighted by atomic mass is 10.0. The van der Waals surface area contributed by atoms with Gasteiger partial charge in [-0.15, -0.1) is 11.8 Å². The summed E-state index contributed by atoms with van der Waals surface area (Å²) in [6.07, 6.45) is -0.831. The first-order valence-corrected chi connectivity index (χ1v) is 7.78. The van der Waals surface area contributed by atoms with E-state index in [1.54, 1.807) is 40.9 Å². The second-order valence-electron chi connectivity index (χ2n) is 5.93. The van der Waals surface area contributed by atoms with Gasteiger partial charge < -0.3 is 10.4 Å². The van der Waals surface area contributed by atoms with Crippen LogP contribution in [-0.4, -0.2) is 50.6 Å². The van der Waals surface area contributed by atoms with Gasteiger partial charge in [-0.05, 0) is 13.8 Å². The Bertz CT molecular complexity index is 576. The van der Waals surface area contributed by atoms with Gasteiger partial charge in [-0.3, -0.25) is 14.5 Å². The molecule has 3 rings (SSSR count). The highest BCUT2D eigenvalue weighted by Crippen LogP contribution is 2.43. The first-order valence-electron chi connectivity index (χ1n) is 6.90. The molecule has 1 unspecified atom stereocenters. The molecule has 2 heterocycles. The number of ketones is 1. The second-order valence-corrected chi connectivity index (χ2v) is 7.73. The predicted octanol–water partition coefficient (Wildman–Crippen LogP) is 0.840. The van der Waals surface area contributed by atoms with Crippen molar-refractivity contribution in [2.24, 2.45) is 0 Å². The Morgan fingerprint density at radius 1 is 1.38 bits per heavy atom. The number of hydrogen-bond donors (Lipinski definition) is 2. The number of β-lactam (4-membered cyclic amide) rings is 1. The van der Waals surface area contributed by atoms with Gasteiger partial charge in [-0.1, -0.05) is 30.3 Å². The standard InChI is InChI=1S/C15H18N2O3S/c1-15(2)14(20)17(11-12(19)16-13(11)21-15)8-10(18)9-6-4-3-5-7-9/h3-7,11,13-14,20H,8H2,1-2H3,(H,16,19)/t11-,13-,14?/m1/s1.